The summed E-state index contributed by atoms with van der Waals surface area (Å²) in [5.74, 6) is 1.16. The third kappa shape index (κ3) is 5.90. The van der Waals surface area contributed by atoms with Crippen LogP contribution >= 0.6 is 0 Å². The SMILES string of the molecule is CC(C)CNC(=O)c1cncc(C(=O)Nc2ccc(Oc3ccccc3)cc2)c1. The average Bonchev–Trinajstić information content (AvgIpc) is 2.74. The fourth-order valence-corrected chi connectivity index (χ4v) is 2.52. The van der Waals surface area contributed by atoms with Crippen molar-refractivity contribution >= 4 is 17.5 Å². The zero-order chi connectivity index (χ0) is 20.6. The number of aromatic nitrogens is 1. The number of pyridine rings is 1. The maximum Gasteiger partial charge on any atom is 0.257 e. The first kappa shape index (κ1) is 20.1. The molecule has 0 unspecified atom stereocenters. The first-order chi connectivity index (χ1) is 14.0. The lowest BCUT2D eigenvalue weighted by Crippen LogP contribution is -2.27. The van der Waals surface area contributed by atoms with E-state index in [1.807, 2.05) is 44.2 Å². The van der Waals surface area contributed by atoms with Gasteiger partial charge in [0, 0.05) is 24.6 Å². The van der Waals surface area contributed by atoms with Gasteiger partial charge in [-0.25, -0.2) is 0 Å². The summed E-state index contributed by atoms with van der Waals surface area (Å²) in [6, 6.07) is 18.0. The first-order valence-corrected chi connectivity index (χ1v) is 9.39. The summed E-state index contributed by atoms with van der Waals surface area (Å²) in [6.45, 7) is 4.59. The van der Waals surface area contributed by atoms with Crippen LogP contribution in [0.15, 0.2) is 73.1 Å². The van der Waals surface area contributed by atoms with Crippen LogP contribution in [0.4, 0.5) is 5.69 Å². The van der Waals surface area contributed by atoms with Gasteiger partial charge in [-0.05, 0) is 48.4 Å². The van der Waals surface area contributed by atoms with Gasteiger partial charge in [-0.1, -0.05) is 32.0 Å². The topological polar surface area (TPSA) is 80.3 Å². The van der Waals surface area contributed by atoms with Crippen molar-refractivity contribution in [2.45, 2.75) is 13.8 Å². The van der Waals surface area contributed by atoms with E-state index in [9.17, 15) is 9.59 Å². The molecule has 6 nitrogen and oxygen atoms in total. The van der Waals surface area contributed by atoms with Gasteiger partial charge in [0.25, 0.3) is 11.8 Å². The summed E-state index contributed by atoms with van der Waals surface area (Å²) in [6.07, 6.45) is 2.88. The van der Waals surface area contributed by atoms with Gasteiger partial charge in [0.2, 0.25) is 0 Å². The Morgan fingerprint density at radius 3 is 2.17 bits per heavy atom. The van der Waals surface area contributed by atoms with Crippen molar-refractivity contribution in [2.75, 3.05) is 11.9 Å². The van der Waals surface area contributed by atoms with Gasteiger partial charge >= 0.3 is 0 Å². The fraction of sp³-hybridized carbons (Fsp3) is 0.174. The van der Waals surface area contributed by atoms with Crippen LogP contribution in [0.5, 0.6) is 11.5 Å². The zero-order valence-corrected chi connectivity index (χ0v) is 16.4. The number of nitrogens with one attached hydrogen (secondary N) is 2. The highest BCUT2D eigenvalue weighted by atomic mass is 16.5. The Kier molecular flexibility index (Phi) is 6.58. The molecule has 0 aliphatic heterocycles. The van der Waals surface area contributed by atoms with Crippen molar-refractivity contribution in [1.29, 1.82) is 0 Å². The maximum absolute atomic E-state index is 12.5. The van der Waals surface area contributed by atoms with Crippen LogP contribution in [-0.4, -0.2) is 23.3 Å². The highest BCUT2D eigenvalue weighted by Gasteiger charge is 2.12. The lowest BCUT2D eigenvalue weighted by molar-refractivity contribution is 0.0948. The molecule has 1 aromatic heterocycles. The second-order valence-corrected chi connectivity index (χ2v) is 6.96. The second kappa shape index (κ2) is 9.50. The summed E-state index contributed by atoms with van der Waals surface area (Å²) < 4.78 is 5.74. The lowest BCUT2D eigenvalue weighted by atomic mass is 10.1. The van der Waals surface area contributed by atoms with Crippen LogP contribution in [0.2, 0.25) is 0 Å². The van der Waals surface area contributed by atoms with E-state index in [2.05, 4.69) is 15.6 Å². The Hall–Kier alpha value is -3.67. The maximum atomic E-state index is 12.5. The number of benzene rings is 2. The number of hydrogen-bond donors (Lipinski definition) is 2. The van der Waals surface area contributed by atoms with Gasteiger partial charge in [0.05, 0.1) is 11.1 Å². The quantitative estimate of drug-likeness (QED) is 0.623. The molecule has 2 N–H and O–H groups in total. The van der Waals surface area contributed by atoms with Crippen LogP contribution in [-0.2, 0) is 0 Å². The molecule has 2 amide bonds. The molecular weight excluding hydrogens is 366 g/mol. The van der Waals surface area contributed by atoms with Gasteiger partial charge < -0.3 is 15.4 Å². The van der Waals surface area contributed by atoms with Crippen LogP contribution in [0.1, 0.15) is 34.6 Å². The monoisotopic (exact) mass is 389 g/mol. The van der Waals surface area contributed by atoms with Crippen molar-refractivity contribution in [2.24, 2.45) is 5.92 Å². The molecule has 1 heterocycles. The third-order valence-electron chi connectivity index (χ3n) is 4.02. The van der Waals surface area contributed by atoms with Gasteiger partial charge in [-0.3, -0.25) is 14.6 Å². The summed E-state index contributed by atoms with van der Waals surface area (Å²) in [5, 5.41) is 5.62. The summed E-state index contributed by atoms with van der Waals surface area (Å²) in [7, 11) is 0. The van der Waals surface area contributed by atoms with Gasteiger partial charge in [0.15, 0.2) is 0 Å². The number of anilines is 1. The van der Waals surface area contributed by atoms with Crippen LogP contribution < -0.4 is 15.4 Å². The molecule has 0 saturated heterocycles. The molecule has 0 radical (unpaired) electrons. The molecule has 0 saturated carbocycles. The van der Waals surface area contributed by atoms with E-state index in [1.54, 1.807) is 24.3 Å². The summed E-state index contributed by atoms with van der Waals surface area (Å²) in [5.41, 5.74) is 1.28. The number of para-hydroxylation sites is 1. The van der Waals surface area contributed by atoms with Crippen LogP contribution in [0, 0.1) is 5.92 Å². The minimum absolute atomic E-state index is 0.247. The van der Waals surface area contributed by atoms with Gasteiger partial charge in [0.1, 0.15) is 11.5 Å². The molecule has 2 aromatic carbocycles. The normalized spacial score (nSPS) is 10.4. The first-order valence-electron chi connectivity index (χ1n) is 9.39. The van der Waals surface area contributed by atoms with Crippen molar-refractivity contribution in [3.8, 4) is 11.5 Å². The highest BCUT2D eigenvalue weighted by Crippen LogP contribution is 2.22. The number of nitrogens with zero attached hydrogens (tertiary/aromatic N) is 1. The van der Waals surface area contributed by atoms with E-state index >= 15 is 0 Å². The molecular formula is C23H23N3O3. The molecule has 0 aliphatic carbocycles. The van der Waals surface area contributed by atoms with Crippen LogP contribution in [0.3, 0.4) is 0 Å². The van der Waals surface area contributed by atoms with Gasteiger partial charge in [-0.2, -0.15) is 0 Å². The van der Waals surface area contributed by atoms with Crippen molar-refractivity contribution in [3.63, 3.8) is 0 Å². The Labute approximate surface area is 169 Å². The van der Waals surface area contributed by atoms with E-state index in [-0.39, 0.29) is 11.8 Å². The Morgan fingerprint density at radius 2 is 1.52 bits per heavy atom. The lowest BCUT2D eigenvalue weighted by Gasteiger charge is -2.10. The smallest absolute Gasteiger partial charge is 0.257 e. The molecule has 6 heteroatoms. The largest absolute Gasteiger partial charge is 0.457 e. The molecule has 3 rings (SSSR count). The van der Waals surface area contributed by atoms with Crippen LogP contribution in [0.25, 0.3) is 0 Å². The number of hydrogen-bond acceptors (Lipinski definition) is 4. The minimum atomic E-state index is -0.340. The molecule has 0 fully saturated rings. The fourth-order valence-electron chi connectivity index (χ4n) is 2.52. The number of carbonyl (C=O) groups excluding carboxylic acids is 2. The number of carbonyl (C=O) groups is 2. The van der Waals surface area contributed by atoms with E-state index in [0.717, 1.165) is 5.75 Å². The molecule has 0 atom stereocenters. The third-order valence-corrected chi connectivity index (χ3v) is 4.02. The predicted molar refractivity (Wildman–Crippen MR) is 112 cm³/mol. The summed E-state index contributed by atoms with van der Waals surface area (Å²) >= 11 is 0. The summed E-state index contributed by atoms with van der Waals surface area (Å²) in [4.78, 5) is 28.7. The Balaban J connectivity index is 1.62. The average molecular weight is 389 g/mol. The molecule has 0 bridgehead atoms. The highest BCUT2D eigenvalue weighted by molar-refractivity contribution is 6.05. The Morgan fingerprint density at radius 1 is 0.897 bits per heavy atom. The second-order valence-electron chi connectivity index (χ2n) is 6.96. The molecule has 29 heavy (non-hydrogen) atoms. The van der Waals surface area contributed by atoms with E-state index < -0.39 is 0 Å². The van der Waals surface area contributed by atoms with E-state index in [0.29, 0.717) is 35.0 Å². The van der Waals surface area contributed by atoms with Crippen molar-refractivity contribution in [1.82, 2.24) is 10.3 Å². The number of amides is 2. The van der Waals surface area contributed by atoms with Crippen molar-refractivity contribution in [3.05, 3.63) is 84.2 Å². The molecule has 3 aromatic rings. The number of rotatable bonds is 7. The zero-order valence-electron chi connectivity index (χ0n) is 16.4. The van der Waals surface area contributed by atoms with Gasteiger partial charge in [-0.15, -0.1) is 0 Å². The standard InChI is InChI=1S/C23H23N3O3/c1-16(2)13-25-22(27)17-12-18(15-24-14-17)23(28)26-19-8-10-21(11-9-19)29-20-6-4-3-5-7-20/h3-12,14-16H,13H2,1-2H3,(H,25,27)(H,26,28). The van der Waals surface area contributed by atoms with E-state index in [1.165, 1.54) is 18.5 Å². The minimum Gasteiger partial charge on any atom is -0.457 e. The Bertz CT molecular complexity index is 970. The molecule has 148 valence electrons. The number of ether oxygens (including phenoxy) is 1. The molecule has 0 spiro atoms. The van der Waals surface area contributed by atoms with E-state index in [4.69, 9.17) is 4.74 Å². The predicted octanol–water partition coefficient (Wildman–Crippen LogP) is 4.51. The van der Waals surface area contributed by atoms with Crippen molar-refractivity contribution < 1.29 is 14.3 Å². The molecule has 0 aliphatic rings.